The van der Waals surface area contributed by atoms with Crippen LogP contribution in [0.15, 0.2) is 5.03 Å². The summed E-state index contributed by atoms with van der Waals surface area (Å²) >= 11 is 1.93. The van der Waals surface area contributed by atoms with Gasteiger partial charge in [-0.05, 0) is 39.0 Å². The van der Waals surface area contributed by atoms with Crippen LogP contribution < -0.4 is 5.32 Å². The molecule has 1 aliphatic rings. The highest BCUT2D eigenvalue weighted by molar-refractivity contribution is 7.99. The molecule has 1 N–H and O–H groups in total. The van der Waals surface area contributed by atoms with E-state index in [1.165, 1.54) is 42.0 Å². The van der Waals surface area contributed by atoms with Crippen molar-refractivity contribution in [2.45, 2.75) is 64.3 Å². The Morgan fingerprint density at radius 1 is 1.20 bits per heavy atom. The van der Waals surface area contributed by atoms with Gasteiger partial charge < -0.3 is 5.32 Å². The van der Waals surface area contributed by atoms with Crippen molar-refractivity contribution in [2.24, 2.45) is 5.92 Å². The molecule has 0 amide bonds. The minimum atomic E-state index is 0.895. The van der Waals surface area contributed by atoms with Gasteiger partial charge in [0.1, 0.15) is 16.7 Å². The van der Waals surface area contributed by atoms with Crippen LogP contribution in [-0.4, -0.2) is 22.3 Å². The molecule has 0 aromatic carbocycles. The maximum Gasteiger partial charge on any atom is 0.133 e. The molecular formula is C16H27N3S. The van der Waals surface area contributed by atoms with E-state index in [1.807, 2.05) is 11.8 Å². The lowest BCUT2D eigenvalue weighted by Crippen LogP contribution is -2.08. The lowest BCUT2D eigenvalue weighted by molar-refractivity contribution is 0.622. The molecule has 1 aromatic heterocycles. The quantitative estimate of drug-likeness (QED) is 0.595. The van der Waals surface area contributed by atoms with Gasteiger partial charge in [-0.1, -0.05) is 19.8 Å². The number of aromatic nitrogens is 2. The molecule has 3 nitrogen and oxygen atoms in total. The summed E-state index contributed by atoms with van der Waals surface area (Å²) in [7, 11) is 0. The molecule has 0 aliphatic heterocycles. The molecule has 1 heterocycles. The average Bonchev–Trinajstić information content (AvgIpc) is 2.94. The minimum Gasteiger partial charge on any atom is -0.370 e. The van der Waals surface area contributed by atoms with Gasteiger partial charge in [-0.3, -0.25) is 0 Å². The first-order valence-corrected chi connectivity index (χ1v) is 8.97. The molecule has 112 valence electrons. The van der Waals surface area contributed by atoms with Gasteiger partial charge in [0.15, 0.2) is 0 Å². The van der Waals surface area contributed by atoms with E-state index >= 15 is 0 Å². The van der Waals surface area contributed by atoms with Crippen LogP contribution in [0.2, 0.25) is 0 Å². The first-order valence-electron chi connectivity index (χ1n) is 7.98. The highest BCUT2D eigenvalue weighted by Crippen LogP contribution is 2.32. The Bertz CT molecular complexity index is 428. The SMILES string of the molecule is CCCc1nc(NCC)c(C)c(SCC2CCCC2)n1. The monoisotopic (exact) mass is 293 g/mol. The van der Waals surface area contributed by atoms with Crippen LogP contribution in [0.3, 0.4) is 0 Å². The van der Waals surface area contributed by atoms with E-state index in [0.717, 1.165) is 36.9 Å². The normalized spacial score (nSPS) is 15.8. The summed E-state index contributed by atoms with van der Waals surface area (Å²) in [6.45, 7) is 7.36. The smallest absolute Gasteiger partial charge is 0.133 e. The summed E-state index contributed by atoms with van der Waals surface area (Å²) in [5, 5.41) is 4.56. The van der Waals surface area contributed by atoms with Crippen LogP contribution in [0.5, 0.6) is 0 Å². The van der Waals surface area contributed by atoms with Crippen molar-refractivity contribution in [3.63, 3.8) is 0 Å². The van der Waals surface area contributed by atoms with Crippen molar-refractivity contribution in [3.8, 4) is 0 Å². The highest BCUT2D eigenvalue weighted by Gasteiger charge is 2.17. The predicted octanol–water partition coefficient (Wildman–Crippen LogP) is 4.45. The maximum atomic E-state index is 4.78. The molecule has 4 heteroatoms. The second-order valence-electron chi connectivity index (χ2n) is 5.66. The number of hydrogen-bond donors (Lipinski definition) is 1. The van der Waals surface area contributed by atoms with Crippen molar-refractivity contribution < 1.29 is 0 Å². The van der Waals surface area contributed by atoms with Gasteiger partial charge in [0, 0.05) is 24.3 Å². The Morgan fingerprint density at radius 3 is 2.60 bits per heavy atom. The van der Waals surface area contributed by atoms with Crippen LogP contribution in [0, 0.1) is 12.8 Å². The lowest BCUT2D eigenvalue weighted by atomic mass is 10.1. The van der Waals surface area contributed by atoms with Crippen molar-refractivity contribution in [1.82, 2.24) is 9.97 Å². The third kappa shape index (κ3) is 4.11. The standard InChI is InChI=1S/C16H27N3S/c1-4-8-14-18-15(17-5-2)12(3)16(19-14)20-11-13-9-6-7-10-13/h13H,4-11H2,1-3H3,(H,17,18,19). The highest BCUT2D eigenvalue weighted by atomic mass is 32.2. The Kier molecular flexibility index (Phi) is 6.14. The molecule has 20 heavy (non-hydrogen) atoms. The van der Waals surface area contributed by atoms with Crippen molar-refractivity contribution in [3.05, 3.63) is 11.4 Å². The lowest BCUT2D eigenvalue weighted by Gasteiger charge is -2.14. The number of nitrogens with zero attached hydrogens (tertiary/aromatic N) is 2. The van der Waals surface area contributed by atoms with Gasteiger partial charge in [-0.15, -0.1) is 11.8 Å². The van der Waals surface area contributed by atoms with E-state index in [9.17, 15) is 0 Å². The number of aryl methyl sites for hydroxylation is 1. The number of nitrogens with one attached hydrogen (secondary N) is 1. The fraction of sp³-hybridized carbons (Fsp3) is 0.750. The van der Waals surface area contributed by atoms with Crippen molar-refractivity contribution in [2.75, 3.05) is 17.6 Å². The second kappa shape index (κ2) is 7.87. The molecule has 0 unspecified atom stereocenters. The van der Waals surface area contributed by atoms with Crippen LogP contribution in [0.4, 0.5) is 5.82 Å². The van der Waals surface area contributed by atoms with E-state index < -0.39 is 0 Å². The predicted molar refractivity (Wildman–Crippen MR) is 87.6 cm³/mol. The zero-order valence-corrected chi connectivity index (χ0v) is 13.9. The first-order chi connectivity index (χ1) is 9.74. The Morgan fingerprint density at radius 2 is 1.95 bits per heavy atom. The average molecular weight is 293 g/mol. The first kappa shape index (κ1) is 15.6. The summed E-state index contributed by atoms with van der Waals surface area (Å²) < 4.78 is 0. The number of hydrogen-bond acceptors (Lipinski definition) is 4. The molecule has 1 saturated carbocycles. The third-order valence-corrected chi connectivity index (χ3v) is 5.20. The van der Waals surface area contributed by atoms with E-state index in [2.05, 4.69) is 31.1 Å². The van der Waals surface area contributed by atoms with Crippen LogP contribution in [0.1, 0.15) is 57.3 Å². The Hall–Kier alpha value is -0.770. The van der Waals surface area contributed by atoms with E-state index in [-0.39, 0.29) is 0 Å². The molecule has 0 bridgehead atoms. The largest absolute Gasteiger partial charge is 0.370 e. The third-order valence-electron chi connectivity index (χ3n) is 3.90. The van der Waals surface area contributed by atoms with Gasteiger partial charge in [-0.2, -0.15) is 0 Å². The zero-order chi connectivity index (χ0) is 14.4. The van der Waals surface area contributed by atoms with Crippen LogP contribution >= 0.6 is 11.8 Å². The van der Waals surface area contributed by atoms with Crippen molar-refractivity contribution >= 4 is 17.6 Å². The molecule has 0 radical (unpaired) electrons. The van der Waals surface area contributed by atoms with E-state index in [0.29, 0.717) is 0 Å². The summed E-state index contributed by atoms with van der Waals surface area (Å²) in [6, 6.07) is 0. The molecule has 0 spiro atoms. The molecule has 1 aromatic rings. The molecule has 1 fully saturated rings. The minimum absolute atomic E-state index is 0.895. The zero-order valence-electron chi connectivity index (χ0n) is 13.0. The van der Waals surface area contributed by atoms with Crippen LogP contribution in [0.25, 0.3) is 0 Å². The summed E-state index contributed by atoms with van der Waals surface area (Å²) in [5.74, 6) is 4.13. The fourth-order valence-corrected chi connectivity index (χ4v) is 3.94. The van der Waals surface area contributed by atoms with E-state index in [1.54, 1.807) is 0 Å². The Labute approximate surface area is 127 Å². The summed E-state index contributed by atoms with van der Waals surface area (Å²) in [4.78, 5) is 9.43. The van der Waals surface area contributed by atoms with Gasteiger partial charge in [0.05, 0.1) is 0 Å². The molecule has 1 aliphatic carbocycles. The number of thioether (sulfide) groups is 1. The van der Waals surface area contributed by atoms with Gasteiger partial charge in [0.25, 0.3) is 0 Å². The molecule has 2 rings (SSSR count). The van der Waals surface area contributed by atoms with Crippen molar-refractivity contribution in [1.29, 1.82) is 0 Å². The van der Waals surface area contributed by atoms with E-state index in [4.69, 9.17) is 4.98 Å². The molecular weight excluding hydrogens is 266 g/mol. The van der Waals surface area contributed by atoms with Gasteiger partial charge in [-0.25, -0.2) is 9.97 Å². The molecule has 0 saturated heterocycles. The summed E-state index contributed by atoms with van der Waals surface area (Å²) in [6.07, 6.45) is 7.70. The molecule has 0 atom stereocenters. The maximum absolute atomic E-state index is 4.78. The van der Waals surface area contributed by atoms with Gasteiger partial charge in [0.2, 0.25) is 0 Å². The van der Waals surface area contributed by atoms with Crippen LogP contribution in [-0.2, 0) is 6.42 Å². The summed E-state index contributed by atoms with van der Waals surface area (Å²) in [5.41, 5.74) is 1.22. The second-order valence-corrected chi connectivity index (χ2v) is 6.67. The number of anilines is 1. The Balaban J connectivity index is 2.11. The van der Waals surface area contributed by atoms with Gasteiger partial charge >= 0.3 is 0 Å². The number of rotatable bonds is 7. The fourth-order valence-electron chi connectivity index (χ4n) is 2.73. The topological polar surface area (TPSA) is 37.8 Å².